The first-order valence-corrected chi connectivity index (χ1v) is 11.4. The molecule has 0 radical (unpaired) electrons. The van der Waals surface area contributed by atoms with Crippen LogP contribution in [0.5, 0.6) is 5.75 Å². The molecule has 7 heteroatoms. The second kappa shape index (κ2) is 9.66. The van der Waals surface area contributed by atoms with Gasteiger partial charge in [-0.15, -0.1) is 0 Å². The predicted octanol–water partition coefficient (Wildman–Crippen LogP) is 4.88. The lowest BCUT2D eigenvalue weighted by Gasteiger charge is -2.26. The van der Waals surface area contributed by atoms with Gasteiger partial charge in [-0.05, 0) is 60.9 Å². The molecule has 162 valence electrons. The highest BCUT2D eigenvalue weighted by Gasteiger charge is 2.26. The van der Waals surface area contributed by atoms with Crippen LogP contribution in [0.2, 0.25) is 0 Å². The SMILES string of the molecule is CCCN(c1cc(C)ccc1OCc1ccc(C(=O)O)cc1)S(=O)(=O)c1ccccc1. The topological polar surface area (TPSA) is 83.9 Å². The van der Waals surface area contributed by atoms with Gasteiger partial charge in [0.15, 0.2) is 0 Å². The molecule has 31 heavy (non-hydrogen) atoms. The molecule has 0 aliphatic carbocycles. The van der Waals surface area contributed by atoms with Gasteiger partial charge < -0.3 is 9.84 Å². The Balaban J connectivity index is 1.94. The number of benzene rings is 3. The van der Waals surface area contributed by atoms with E-state index >= 15 is 0 Å². The van der Waals surface area contributed by atoms with Gasteiger partial charge in [0.1, 0.15) is 12.4 Å². The Hall–Kier alpha value is -3.32. The Morgan fingerprint density at radius 1 is 1.00 bits per heavy atom. The molecule has 0 unspecified atom stereocenters. The normalized spacial score (nSPS) is 11.2. The van der Waals surface area contributed by atoms with Gasteiger partial charge in [-0.1, -0.05) is 43.3 Å². The largest absolute Gasteiger partial charge is 0.487 e. The zero-order valence-corrected chi connectivity index (χ0v) is 18.3. The van der Waals surface area contributed by atoms with Crippen LogP contribution in [0.15, 0.2) is 77.7 Å². The first kappa shape index (κ1) is 22.4. The summed E-state index contributed by atoms with van der Waals surface area (Å²) < 4.78 is 34.1. The lowest BCUT2D eigenvalue weighted by Crippen LogP contribution is -2.32. The van der Waals surface area contributed by atoms with Crippen LogP contribution < -0.4 is 9.04 Å². The summed E-state index contributed by atoms with van der Waals surface area (Å²) in [5, 5.41) is 9.03. The van der Waals surface area contributed by atoms with E-state index in [1.165, 1.54) is 16.4 Å². The molecule has 0 fully saturated rings. The molecule has 0 heterocycles. The first-order valence-electron chi connectivity index (χ1n) is 9.96. The van der Waals surface area contributed by atoms with Crippen molar-refractivity contribution < 1.29 is 23.1 Å². The summed E-state index contributed by atoms with van der Waals surface area (Å²) in [5.41, 5.74) is 2.37. The van der Waals surface area contributed by atoms with E-state index in [-0.39, 0.29) is 17.1 Å². The maximum Gasteiger partial charge on any atom is 0.335 e. The van der Waals surface area contributed by atoms with E-state index in [1.54, 1.807) is 54.6 Å². The molecule has 0 amide bonds. The average molecular weight is 440 g/mol. The molecule has 0 aliphatic heterocycles. The van der Waals surface area contributed by atoms with Crippen LogP contribution >= 0.6 is 0 Å². The first-order chi connectivity index (χ1) is 14.8. The number of carboxylic acid groups (broad SMARTS) is 1. The molecular formula is C24H25NO5S. The number of nitrogens with zero attached hydrogens (tertiary/aromatic N) is 1. The number of hydrogen-bond donors (Lipinski definition) is 1. The number of aromatic carboxylic acids is 1. The zero-order chi connectivity index (χ0) is 22.4. The van der Waals surface area contributed by atoms with E-state index in [9.17, 15) is 13.2 Å². The Morgan fingerprint density at radius 3 is 2.29 bits per heavy atom. The zero-order valence-electron chi connectivity index (χ0n) is 17.5. The molecular weight excluding hydrogens is 414 g/mol. The van der Waals surface area contributed by atoms with Crippen LogP contribution in [0.3, 0.4) is 0 Å². The maximum absolute atomic E-state index is 13.4. The Bertz CT molecular complexity index is 1140. The molecule has 0 aliphatic rings. The molecule has 6 nitrogen and oxygen atoms in total. The van der Waals surface area contributed by atoms with Gasteiger partial charge in [0.25, 0.3) is 10.0 Å². The minimum Gasteiger partial charge on any atom is -0.487 e. The minimum absolute atomic E-state index is 0.182. The van der Waals surface area contributed by atoms with Crippen LogP contribution in [0.4, 0.5) is 5.69 Å². The molecule has 0 spiro atoms. The van der Waals surface area contributed by atoms with Crippen molar-refractivity contribution in [1.29, 1.82) is 0 Å². The molecule has 0 saturated heterocycles. The van der Waals surface area contributed by atoms with Gasteiger partial charge >= 0.3 is 5.97 Å². The summed E-state index contributed by atoms with van der Waals surface area (Å²) in [6, 6.07) is 20.2. The van der Waals surface area contributed by atoms with Crippen LogP contribution in [-0.4, -0.2) is 26.0 Å². The van der Waals surface area contributed by atoms with Crippen molar-refractivity contribution >= 4 is 21.7 Å². The van der Waals surface area contributed by atoms with Gasteiger partial charge in [-0.3, -0.25) is 4.31 Å². The van der Waals surface area contributed by atoms with Crippen molar-refractivity contribution in [1.82, 2.24) is 0 Å². The number of rotatable bonds is 9. The third kappa shape index (κ3) is 5.24. The van der Waals surface area contributed by atoms with Gasteiger partial charge in [0, 0.05) is 6.54 Å². The summed E-state index contributed by atoms with van der Waals surface area (Å²) in [5.74, 6) is -0.546. The number of ether oxygens (including phenoxy) is 1. The van der Waals surface area contributed by atoms with Crippen molar-refractivity contribution in [3.8, 4) is 5.75 Å². The molecule has 3 rings (SSSR count). The third-order valence-corrected chi connectivity index (χ3v) is 6.56. The summed E-state index contributed by atoms with van der Waals surface area (Å²) in [7, 11) is -3.77. The fraction of sp³-hybridized carbons (Fsp3) is 0.208. The molecule has 1 N–H and O–H groups in total. The van der Waals surface area contributed by atoms with E-state index in [2.05, 4.69) is 0 Å². The summed E-state index contributed by atoms with van der Waals surface area (Å²) >= 11 is 0. The van der Waals surface area contributed by atoms with E-state index in [0.29, 0.717) is 24.4 Å². The van der Waals surface area contributed by atoms with Crippen LogP contribution in [0.25, 0.3) is 0 Å². The summed E-state index contributed by atoms with van der Waals surface area (Å²) in [6.45, 7) is 4.32. The summed E-state index contributed by atoms with van der Waals surface area (Å²) in [4.78, 5) is 11.2. The highest BCUT2D eigenvalue weighted by Crippen LogP contribution is 2.34. The van der Waals surface area contributed by atoms with E-state index in [4.69, 9.17) is 9.84 Å². The van der Waals surface area contributed by atoms with Crippen molar-refractivity contribution in [3.05, 3.63) is 89.5 Å². The average Bonchev–Trinajstić information content (AvgIpc) is 2.77. The number of anilines is 1. The fourth-order valence-corrected chi connectivity index (χ4v) is 4.72. The standard InChI is InChI=1S/C24H25NO5S/c1-3-15-25(31(28,29)21-7-5-4-6-8-21)22-16-18(2)9-14-23(22)30-17-19-10-12-20(13-11-19)24(26)27/h4-14,16H,3,15,17H2,1-2H3,(H,26,27). The van der Waals surface area contributed by atoms with Crippen LogP contribution in [-0.2, 0) is 16.6 Å². The van der Waals surface area contributed by atoms with Crippen molar-refractivity contribution in [3.63, 3.8) is 0 Å². The molecule has 3 aromatic carbocycles. The molecule has 0 atom stereocenters. The summed E-state index contributed by atoms with van der Waals surface area (Å²) in [6.07, 6.45) is 0.635. The highest BCUT2D eigenvalue weighted by atomic mass is 32.2. The fourth-order valence-electron chi connectivity index (χ4n) is 3.14. The van der Waals surface area contributed by atoms with E-state index in [1.807, 2.05) is 19.9 Å². The maximum atomic E-state index is 13.4. The number of carbonyl (C=O) groups is 1. The van der Waals surface area contributed by atoms with Crippen LogP contribution in [0.1, 0.15) is 34.8 Å². The van der Waals surface area contributed by atoms with Gasteiger partial charge in [-0.2, -0.15) is 0 Å². The van der Waals surface area contributed by atoms with Gasteiger partial charge in [-0.25, -0.2) is 13.2 Å². The number of carboxylic acids is 1. The lowest BCUT2D eigenvalue weighted by molar-refractivity contribution is 0.0697. The second-order valence-electron chi connectivity index (χ2n) is 7.15. The van der Waals surface area contributed by atoms with Crippen molar-refractivity contribution in [2.45, 2.75) is 31.8 Å². The third-order valence-electron chi connectivity index (χ3n) is 4.74. The number of hydrogen-bond acceptors (Lipinski definition) is 4. The molecule has 0 bridgehead atoms. The monoisotopic (exact) mass is 439 g/mol. The van der Waals surface area contributed by atoms with Crippen molar-refractivity contribution in [2.75, 3.05) is 10.8 Å². The smallest absolute Gasteiger partial charge is 0.335 e. The minimum atomic E-state index is -3.77. The Labute approximate surface area is 182 Å². The highest BCUT2D eigenvalue weighted by molar-refractivity contribution is 7.92. The Kier molecular flexibility index (Phi) is 6.97. The number of sulfonamides is 1. The van der Waals surface area contributed by atoms with Crippen molar-refractivity contribution in [2.24, 2.45) is 0 Å². The quantitative estimate of drug-likeness (QED) is 0.514. The number of aryl methyl sites for hydroxylation is 1. The van der Waals surface area contributed by atoms with Crippen LogP contribution in [0, 0.1) is 6.92 Å². The lowest BCUT2D eigenvalue weighted by atomic mass is 10.1. The molecule has 3 aromatic rings. The second-order valence-corrected chi connectivity index (χ2v) is 9.01. The Morgan fingerprint density at radius 2 is 1.68 bits per heavy atom. The molecule has 0 aromatic heterocycles. The van der Waals surface area contributed by atoms with Gasteiger partial charge in [0.2, 0.25) is 0 Å². The predicted molar refractivity (Wildman–Crippen MR) is 120 cm³/mol. The van der Waals surface area contributed by atoms with Gasteiger partial charge in [0.05, 0.1) is 16.1 Å². The van der Waals surface area contributed by atoms with E-state index < -0.39 is 16.0 Å². The molecule has 0 saturated carbocycles. The van der Waals surface area contributed by atoms with E-state index in [0.717, 1.165) is 11.1 Å².